The summed E-state index contributed by atoms with van der Waals surface area (Å²) in [6, 6.07) is 0.734. The fraction of sp³-hybridized carbons (Fsp3) is 1.00. The van der Waals surface area contributed by atoms with E-state index in [4.69, 9.17) is 0 Å². The molecule has 0 aliphatic carbocycles. The molecule has 1 rings (SSSR count). The Balaban J connectivity index is 2.39. The molecule has 0 spiro atoms. The smallest absolute Gasteiger partial charge is 0.0218 e. The first kappa shape index (κ1) is 14.0. The topological polar surface area (TPSA) is 15.3 Å². The number of hydrogen-bond acceptors (Lipinski definition) is 2. The van der Waals surface area contributed by atoms with Crippen molar-refractivity contribution in [3.63, 3.8) is 0 Å². The highest BCUT2D eigenvalue weighted by atomic mass is 15.2. The van der Waals surface area contributed by atoms with E-state index in [1.165, 1.54) is 45.2 Å². The summed E-state index contributed by atoms with van der Waals surface area (Å²) in [7, 11) is 0. The molecule has 2 heteroatoms. The van der Waals surface area contributed by atoms with Crippen LogP contribution < -0.4 is 5.32 Å². The Kier molecular flexibility index (Phi) is 5.77. The molecule has 1 unspecified atom stereocenters. The van der Waals surface area contributed by atoms with Gasteiger partial charge in [-0.05, 0) is 53.1 Å². The molecule has 0 amide bonds. The lowest BCUT2D eigenvalue weighted by Gasteiger charge is -2.33. The lowest BCUT2D eigenvalue weighted by atomic mass is 10.1. The summed E-state index contributed by atoms with van der Waals surface area (Å²) >= 11 is 0. The molecule has 0 saturated carbocycles. The first-order valence-electron chi connectivity index (χ1n) is 7.02. The molecule has 1 N–H and O–H groups in total. The highest BCUT2D eigenvalue weighted by Gasteiger charge is 2.19. The maximum atomic E-state index is 3.65. The van der Waals surface area contributed by atoms with Crippen LogP contribution in [0.25, 0.3) is 0 Å². The molecule has 1 heterocycles. The van der Waals surface area contributed by atoms with Crippen LogP contribution in [0.3, 0.4) is 0 Å². The van der Waals surface area contributed by atoms with Gasteiger partial charge in [0.05, 0.1) is 0 Å². The second-order valence-corrected chi connectivity index (χ2v) is 6.14. The van der Waals surface area contributed by atoms with Crippen LogP contribution in [0.2, 0.25) is 0 Å². The Hall–Kier alpha value is -0.0800. The Labute approximate surface area is 102 Å². The molecule has 1 aliphatic rings. The van der Waals surface area contributed by atoms with Crippen molar-refractivity contribution >= 4 is 0 Å². The highest BCUT2D eigenvalue weighted by Crippen LogP contribution is 2.14. The van der Waals surface area contributed by atoms with Crippen LogP contribution in [0, 0.1) is 0 Å². The monoisotopic (exact) mass is 226 g/mol. The van der Waals surface area contributed by atoms with E-state index in [-0.39, 0.29) is 5.54 Å². The van der Waals surface area contributed by atoms with Crippen LogP contribution in [0.5, 0.6) is 0 Å². The first-order valence-corrected chi connectivity index (χ1v) is 7.02. The van der Waals surface area contributed by atoms with Gasteiger partial charge in [-0.1, -0.05) is 19.8 Å². The summed E-state index contributed by atoms with van der Waals surface area (Å²) in [6.07, 6.45) is 6.92. The van der Waals surface area contributed by atoms with Gasteiger partial charge in [0.25, 0.3) is 0 Å². The molecule has 0 bridgehead atoms. The van der Waals surface area contributed by atoms with Crippen LogP contribution in [0.15, 0.2) is 0 Å². The fourth-order valence-corrected chi connectivity index (χ4v) is 2.42. The lowest BCUT2D eigenvalue weighted by Crippen LogP contribution is -2.47. The van der Waals surface area contributed by atoms with E-state index in [1.54, 1.807) is 0 Å². The predicted octanol–water partition coefficient (Wildman–Crippen LogP) is 3.03. The quantitative estimate of drug-likeness (QED) is 0.792. The average molecular weight is 226 g/mol. The van der Waals surface area contributed by atoms with Crippen molar-refractivity contribution in [3.05, 3.63) is 0 Å². The minimum Gasteiger partial charge on any atom is -0.311 e. The van der Waals surface area contributed by atoms with Crippen molar-refractivity contribution < 1.29 is 0 Å². The van der Waals surface area contributed by atoms with E-state index in [0.29, 0.717) is 0 Å². The van der Waals surface area contributed by atoms with Crippen LogP contribution >= 0.6 is 0 Å². The van der Waals surface area contributed by atoms with Crippen molar-refractivity contribution in [3.8, 4) is 0 Å². The van der Waals surface area contributed by atoms with E-state index >= 15 is 0 Å². The van der Waals surface area contributed by atoms with E-state index in [9.17, 15) is 0 Å². The maximum Gasteiger partial charge on any atom is 0.0218 e. The summed E-state index contributed by atoms with van der Waals surface area (Å²) in [6.45, 7) is 12.8. The minimum absolute atomic E-state index is 0.249. The predicted molar refractivity (Wildman–Crippen MR) is 71.9 cm³/mol. The zero-order valence-corrected chi connectivity index (χ0v) is 11.7. The molecule has 0 radical (unpaired) electrons. The number of nitrogens with zero attached hydrogens (tertiary/aromatic N) is 1. The summed E-state index contributed by atoms with van der Waals surface area (Å²) in [4.78, 5) is 2.70. The fourth-order valence-electron chi connectivity index (χ4n) is 2.42. The molecule has 0 aromatic carbocycles. The van der Waals surface area contributed by atoms with Crippen molar-refractivity contribution in [2.45, 2.75) is 71.4 Å². The van der Waals surface area contributed by atoms with E-state index < -0.39 is 0 Å². The van der Waals surface area contributed by atoms with Crippen molar-refractivity contribution in [1.29, 1.82) is 0 Å². The summed E-state index contributed by atoms with van der Waals surface area (Å²) in [5, 5.41) is 3.65. The van der Waals surface area contributed by atoms with Crippen LogP contribution in [-0.4, -0.2) is 36.1 Å². The highest BCUT2D eigenvalue weighted by molar-refractivity contribution is 4.79. The Bertz CT molecular complexity index is 176. The van der Waals surface area contributed by atoms with Gasteiger partial charge in [-0.15, -0.1) is 0 Å². The number of rotatable bonds is 4. The molecule has 96 valence electrons. The molecular weight excluding hydrogens is 196 g/mol. The molecule has 0 aromatic heterocycles. The summed E-state index contributed by atoms with van der Waals surface area (Å²) in [5.41, 5.74) is 0.249. The van der Waals surface area contributed by atoms with Gasteiger partial charge >= 0.3 is 0 Å². The molecule has 1 aliphatic heterocycles. The molecule has 1 saturated heterocycles. The molecule has 1 fully saturated rings. The largest absolute Gasteiger partial charge is 0.311 e. The second kappa shape index (κ2) is 6.61. The van der Waals surface area contributed by atoms with Gasteiger partial charge < -0.3 is 5.32 Å². The van der Waals surface area contributed by atoms with Crippen LogP contribution in [0.1, 0.15) is 59.8 Å². The third-order valence-electron chi connectivity index (χ3n) is 3.50. The molecule has 16 heavy (non-hydrogen) atoms. The third kappa shape index (κ3) is 5.31. The maximum absolute atomic E-state index is 3.65. The Morgan fingerprint density at radius 3 is 2.06 bits per heavy atom. The van der Waals surface area contributed by atoms with Crippen molar-refractivity contribution in [2.24, 2.45) is 0 Å². The van der Waals surface area contributed by atoms with E-state index in [1.807, 2.05) is 0 Å². The molecular formula is C14H30N2. The minimum atomic E-state index is 0.249. The van der Waals surface area contributed by atoms with Gasteiger partial charge in [0.2, 0.25) is 0 Å². The molecule has 1 atom stereocenters. The SMILES string of the molecule is CCC(CNC(C)(C)C)N1CCCCCC1. The Morgan fingerprint density at radius 1 is 1.06 bits per heavy atom. The standard InChI is InChI=1S/C14H30N2/c1-5-13(12-15-14(2,3)4)16-10-8-6-7-9-11-16/h13,15H,5-12H2,1-4H3. The van der Waals surface area contributed by atoms with E-state index in [2.05, 4.69) is 37.9 Å². The zero-order chi connectivity index (χ0) is 12.0. The normalized spacial score (nSPS) is 21.8. The average Bonchev–Trinajstić information content (AvgIpc) is 2.46. The van der Waals surface area contributed by atoms with Gasteiger partial charge in [0, 0.05) is 18.1 Å². The number of nitrogens with one attached hydrogen (secondary N) is 1. The van der Waals surface area contributed by atoms with Gasteiger partial charge in [0.1, 0.15) is 0 Å². The summed E-state index contributed by atoms with van der Waals surface area (Å²) in [5.74, 6) is 0. The van der Waals surface area contributed by atoms with Gasteiger partial charge in [-0.2, -0.15) is 0 Å². The van der Waals surface area contributed by atoms with Crippen molar-refractivity contribution in [2.75, 3.05) is 19.6 Å². The first-order chi connectivity index (χ1) is 7.53. The third-order valence-corrected chi connectivity index (χ3v) is 3.50. The van der Waals surface area contributed by atoms with Gasteiger partial charge in [-0.3, -0.25) is 4.90 Å². The number of hydrogen-bond donors (Lipinski definition) is 1. The zero-order valence-electron chi connectivity index (χ0n) is 11.7. The van der Waals surface area contributed by atoms with Crippen LogP contribution in [0.4, 0.5) is 0 Å². The van der Waals surface area contributed by atoms with Gasteiger partial charge in [-0.25, -0.2) is 0 Å². The lowest BCUT2D eigenvalue weighted by molar-refractivity contribution is 0.183. The van der Waals surface area contributed by atoms with Gasteiger partial charge in [0.15, 0.2) is 0 Å². The van der Waals surface area contributed by atoms with Crippen LogP contribution in [-0.2, 0) is 0 Å². The Morgan fingerprint density at radius 2 is 1.62 bits per heavy atom. The van der Waals surface area contributed by atoms with E-state index in [0.717, 1.165) is 12.6 Å². The van der Waals surface area contributed by atoms with Crippen molar-refractivity contribution in [1.82, 2.24) is 10.2 Å². The molecule has 2 nitrogen and oxygen atoms in total. The number of likely N-dealkylation sites (tertiary alicyclic amines) is 1. The second-order valence-electron chi connectivity index (χ2n) is 6.14. The molecule has 0 aromatic rings. The summed E-state index contributed by atoms with van der Waals surface area (Å²) < 4.78 is 0.